The second kappa shape index (κ2) is 13.7. The fourth-order valence-electron chi connectivity index (χ4n) is 2.29. The molecular weight excluding hydrogens is 276 g/mol. The van der Waals surface area contributed by atoms with Crippen LogP contribution in [0.1, 0.15) is 84.0 Å². The van der Waals surface area contributed by atoms with E-state index in [9.17, 15) is 15.0 Å². The van der Waals surface area contributed by atoms with Crippen LogP contribution in [0.15, 0.2) is 0 Å². The standard InChI is InChI=1S/C16H31ClO3/c1-2-3-4-9-12-15(18)14(17)11-8-6-5-7-10-13-16(19)20/h14-15,18H,2-13H2,1H3,(H,19,20)/p-1. The zero-order valence-electron chi connectivity index (χ0n) is 12.8. The zero-order chi connectivity index (χ0) is 15.2. The average molecular weight is 306 g/mol. The summed E-state index contributed by atoms with van der Waals surface area (Å²) in [6.45, 7) is 2.17. The van der Waals surface area contributed by atoms with E-state index in [2.05, 4.69) is 6.92 Å². The molecule has 0 spiro atoms. The second-order valence-corrected chi connectivity index (χ2v) is 6.17. The molecule has 0 amide bonds. The number of aliphatic hydroxyl groups excluding tert-OH is 1. The Labute approximate surface area is 128 Å². The van der Waals surface area contributed by atoms with Gasteiger partial charge < -0.3 is 15.0 Å². The van der Waals surface area contributed by atoms with Crippen molar-refractivity contribution in [1.29, 1.82) is 0 Å². The third-order valence-corrected chi connectivity index (χ3v) is 4.14. The van der Waals surface area contributed by atoms with Crippen LogP contribution >= 0.6 is 11.6 Å². The van der Waals surface area contributed by atoms with E-state index >= 15 is 0 Å². The zero-order valence-corrected chi connectivity index (χ0v) is 13.5. The molecule has 0 aliphatic carbocycles. The minimum atomic E-state index is -0.961. The van der Waals surface area contributed by atoms with Gasteiger partial charge in [-0.25, -0.2) is 0 Å². The monoisotopic (exact) mass is 305 g/mol. The van der Waals surface area contributed by atoms with E-state index in [1.807, 2.05) is 0 Å². The summed E-state index contributed by atoms with van der Waals surface area (Å²) in [4.78, 5) is 10.2. The summed E-state index contributed by atoms with van der Waals surface area (Å²) in [5, 5.41) is 20.0. The summed E-state index contributed by atoms with van der Waals surface area (Å²) in [7, 11) is 0. The van der Waals surface area contributed by atoms with Crippen molar-refractivity contribution in [3.8, 4) is 0 Å². The van der Waals surface area contributed by atoms with Gasteiger partial charge in [0.05, 0.1) is 11.5 Å². The fraction of sp³-hybridized carbons (Fsp3) is 0.938. The molecule has 0 saturated carbocycles. The Hall–Kier alpha value is -0.280. The first-order valence-corrected chi connectivity index (χ1v) is 8.53. The van der Waals surface area contributed by atoms with Crippen molar-refractivity contribution in [1.82, 2.24) is 0 Å². The number of carbonyl (C=O) groups is 1. The Morgan fingerprint density at radius 1 is 1.00 bits per heavy atom. The van der Waals surface area contributed by atoms with Crippen LogP contribution in [0.25, 0.3) is 0 Å². The molecule has 0 aliphatic rings. The van der Waals surface area contributed by atoms with Crippen molar-refractivity contribution in [2.24, 2.45) is 0 Å². The number of carboxylic acids is 1. The van der Waals surface area contributed by atoms with Crippen molar-refractivity contribution in [3.05, 3.63) is 0 Å². The lowest BCUT2D eigenvalue weighted by Crippen LogP contribution is -2.21. The molecular formula is C16H30ClO3-. The first-order valence-electron chi connectivity index (χ1n) is 8.10. The third kappa shape index (κ3) is 12.7. The first-order chi connectivity index (χ1) is 9.57. The highest BCUT2D eigenvalue weighted by Crippen LogP contribution is 2.18. The maximum atomic E-state index is 10.2. The number of aliphatic hydroxyl groups is 1. The first kappa shape index (κ1) is 19.7. The van der Waals surface area contributed by atoms with Crippen molar-refractivity contribution in [3.63, 3.8) is 0 Å². The quantitative estimate of drug-likeness (QED) is 0.395. The van der Waals surface area contributed by atoms with Gasteiger partial charge >= 0.3 is 0 Å². The van der Waals surface area contributed by atoms with Crippen LogP contribution in [0, 0.1) is 0 Å². The SMILES string of the molecule is CCCCCCC(O)C(Cl)CCCCCCCC(=O)[O-]. The van der Waals surface area contributed by atoms with E-state index in [1.165, 1.54) is 19.3 Å². The predicted molar refractivity (Wildman–Crippen MR) is 81.7 cm³/mol. The Bertz CT molecular complexity index is 234. The van der Waals surface area contributed by atoms with E-state index in [0.717, 1.165) is 44.9 Å². The third-order valence-electron chi connectivity index (χ3n) is 3.63. The Morgan fingerprint density at radius 3 is 2.20 bits per heavy atom. The van der Waals surface area contributed by atoms with Crippen LogP contribution in [-0.4, -0.2) is 22.6 Å². The van der Waals surface area contributed by atoms with Gasteiger partial charge in [-0.3, -0.25) is 0 Å². The Balaban J connectivity index is 3.38. The summed E-state index contributed by atoms with van der Waals surface area (Å²) in [5.74, 6) is -0.961. The largest absolute Gasteiger partial charge is 0.550 e. The summed E-state index contributed by atoms with van der Waals surface area (Å²) in [6.07, 6.45) is 10.8. The molecule has 0 aromatic rings. The molecule has 0 saturated heterocycles. The van der Waals surface area contributed by atoms with Crippen molar-refractivity contribution in [2.75, 3.05) is 0 Å². The summed E-state index contributed by atoms with van der Waals surface area (Å²) < 4.78 is 0. The minimum Gasteiger partial charge on any atom is -0.550 e. The molecule has 1 N–H and O–H groups in total. The van der Waals surface area contributed by atoms with Crippen molar-refractivity contribution >= 4 is 17.6 Å². The van der Waals surface area contributed by atoms with Gasteiger partial charge in [-0.15, -0.1) is 11.6 Å². The number of unbranched alkanes of at least 4 members (excludes halogenated alkanes) is 7. The number of alkyl halides is 1. The lowest BCUT2D eigenvalue weighted by atomic mass is 10.0. The van der Waals surface area contributed by atoms with E-state index in [1.54, 1.807) is 0 Å². The van der Waals surface area contributed by atoms with Gasteiger partial charge in [-0.1, -0.05) is 58.3 Å². The molecule has 0 aromatic heterocycles. The molecule has 0 radical (unpaired) electrons. The molecule has 20 heavy (non-hydrogen) atoms. The predicted octanol–water partition coefficient (Wildman–Crippen LogP) is 3.41. The second-order valence-electron chi connectivity index (χ2n) is 5.61. The van der Waals surface area contributed by atoms with Crippen LogP contribution in [0.2, 0.25) is 0 Å². The lowest BCUT2D eigenvalue weighted by Gasteiger charge is -2.16. The highest BCUT2D eigenvalue weighted by molar-refractivity contribution is 6.21. The van der Waals surface area contributed by atoms with Gasteiger partial charge in [0.2, 0.25) is 0 Å². The normalized spacial score (nSPS) is 14.2. The summed E-state index contributed by atoms with van der Waals surface area (Å²) in [6, 6.07) is 0. The highest BCUT2D eigenvalue weighted by atomic mass is 35.5. The van der Waals surface area contributed by atoms with Gasteiger partial charge in [0.1, 0.15) is 0 Å². The molecule has 0 fully saturated rings. The van der Waals surface area contributed by atoms with Gasteiger partial charge in [-0.2, -0.15) is 0 Å². The molecule has 0 aromatic carbocycles. The van der Waals surface area contributed by atoms with E-state index in [-0.39, 0.29) is 17.9 Å². The van der Waals surface area contributed by atoms with E-state index < -0.39 is 5.97 Å². The number of carbonyl (C=O) groups excluding carboxylic acids is 1. The molecule has 120 valence electrons. The molecule has 3 nitrogen and oxygen atoms in total. The lowest BCUT2D eigenvalue weighted by molar-refractivity contribution is -0.305. The van der Waals surface area contributed by atoms with Crippen LogP contribution in [-0.2, 0) is 4.79 Å². The Kier molecular flexibility index (Phi) is 13.5. The maximum absolute atomic E-state index is 10.2. The smallest absolute Gasteiger partial charge is 0.0703 e. The van der Waals surface area contributed by atoms with Crippen LogP contribution in [0.3, 0.4) is 0 Å². The number of carboxylic acid groups (broad SMARTS) is 1. The fourth-order valence-corrected chi connectivity index (χ4v) is 2.57. The van der Waals surface area contributed by atoms with Crippen LogP contribution in [0.4, 0.5) is 0 Å². The number of aliphatic carboxylic acids is 1. The van der Waals surface area contributed by atoms with Gasteiger partial charge in [0.25, 0.3) is 0 Å². The Morgan fingerprint density at radius 2 is 1.55 bits per heavy atom. The van der Waals surface area contributed by atoms with Gasteiger partial charge in [0, 0.05) is 5.97 Å². The van der Waals surface area contributed by atoms with Crippen molar-refractivity contribution < 1.29 is 15.0 Å². The topological polar surface area (TPSA) is 60.4 Å². The molecule has 0 rings (SSSR count). The van der Waals surface area contributed by atoms with Gasteiger partial charge in [0.15, 0.2) is 0 Å². The minimum absolute atomic E-state index is 0.139. The maximum Gasteiger partial charge on any atom is 0.0703 e. The van der Waals surface area contributed by atoms with Gasteiger partial charge in [-0.05, 0) is 25.7 Å². The molecule has 4 heteroatoms. The van der Waals surface area contributed by atoms with Crippen LogP contribution < -0.4 is 5.11 Å². The van der Waals surface area contributed by atoms with Crippen LogP contribution in [0.5, 0.6) is 0 Å². The highest BCUT2D eigenvalue weighted by Gasteiger charge is 2.15. The molecule has 2 atom stereocenters. The summed E-state index contributed by atoms with van der Waals surface area (Å²) >= 11 is 6.19. The molecule has 0 bridgehead atoms. The molecule has 0 aliphatic heterocycles. The number of hydrogen-bond acceptors (Lipinski definition) is 3. The van der Waals surface area contributed by atoms with Crippen molar-refractivity contribution in [2.45, 2.75) is 95.5 Å². The van der Waals surface area contributed by atoms with E-state index in [4.69, 9.17) is 11.6 Å². The average Bonchev–Trinajstić information content (AvgIpc) is 2.41. The number of halogens is 1. The molecule has 2 unspecified atom stereocenters. The van der Waals surface area contributed by atoms with E-state index in [0.29, 0.717) is 6.42 Å². The molecule has 0 heterocycles. The number of hydrogen-bond donors (Lipinski definition) is 1. The summed E-state index contributed by atoms with van der Waals surface area (Å²) in [5.41, 5.74) is 0. The number of rotatable bonds is 14.